The minimum absolute atomic E-state index is 0.130. The molecule has 1 aromatic carbocycles. The van der Waals surface area contributed by atoms with Crippen molar-refractivity contribution in [3.8, 4) is 0 Å². The van der Waals surface area contributed by atoms with Gasteiger partial charge >= 0.3 is 5.97 Å². The van der Waals surface area contributed by atoms with Crippen molar-refractivity contribution >= 4 is 40.1 Å². The summed E-state index contributed by atoms with van der Waals surface area (Å²) in [6.07, 6.45) is 0.725. The van der Waals surface area contributed by atoms with Crippen molar-refractivity contribution in [3.63, 3.8) is 0 Å². The van der Waals surface area contributed by atoms with Gasteiger partial charge in [0, 0.05) is 17.1 Å². The summed E-state index contributed by atoms with van der Waals surface area (Å²) in [4.78, 5) is 33.1. The maximum Gasteiger partial charge on any atom is 0.338 e. The molecule has 0 unspecified atom stereocenters. The number of fused-ring (bicyclic) bond motifs is 1. The maximum absolute atomic E-state index is 13.1. The largest absolute Gasteiger partial charge is 0.466 e. The van der Waals surface area contributed by atoms with E-state index in [-0.39, 0.29) is 18.1 Å². The van der Waals surface area contributed by atoms with Crippen molar-refractivity contribution in [1.29, 1.82) is 0 Å². The van der Waals surface area contributed by atoms with Gasteiger partial charge < -0.3 is 15.0 Å². The van der Waals surface area contributed by atoms with Crippen LogP contribution in [0.25, 0.3) is 0 Å². The highest BCUT2D eigenvalue weighted by Gasteiger charge is 2.41. The zero-order valence-electron chi connectivity index (χ0n) is 17.6. The molecule has 2 aliphatic rings. The van der Waals surface area contributed by atoms with E-state index in [1.54, 1.807) is 23.5 Å². The number of aliphatic imine (C=N–C) groups is 1. The van der Waals surface area contributed by atoms with Gasteiger partial charge in [-0.15, -0.1) is 11.3 Å². The monoisotopic (exact) mass is 471 g/mol. The van der Waals surface area contributed by atoms with Crippen LogP contribution in [-0.2, 0) is 20.9 Å². The molecule has 9 heteroatoms. The van der Waals surface area contributed by atoms with Gasteiger partial charge in [0.2, 0.25) is 5.91 Å². The molecule has 1 atom stereocenters. The molecule has 0 saturated heterocycles. The van der Waals surface area contributed by atoms with E-state index in [2.05, 4.69) is 5.32 Å². The Kier molecular flexibility index (Phi) is 6.76. The Bertz CT molecular complexity index is 1110. The molecule has 1 N–H and O–H groups in total. The molecule has 0 fully saturated rings. The number of rotatable bonds is 7. The van der Waals surface area contributed by atoms with Gasteiger partial charge in [-0.1, -0.05) is 36.9 Å². The first-order valence-electron chi connectivity index (χ1n) is 10.1. The van der Waals surface area contributed by atoms with Crippen LogP contribution in [0.2, 0.25) is 0 Å². The predicted molar refractivity (Wildman–Crippen MR) is 124 cm³/mol. The Hall–Kier alpha value is -2.91. The number of methoxy groups -OCH3 is 1. The first-order valence-corrected chi connectivity index (χ1v) is 11.9. The zero-order chi connectivity index (χ0) is 22.7. The predicted octanol–water partition coefficient (Wildman–Crippen LogP) is 4.73. The summed E-state index contributed by atoms with van der Waals surface area (Å²) in [6, 6.07) is 9.54. The number of hydrogen-bond donors (Lipinski definition) is 1. The van der Waals surface area contributed by atoms with Crippen LogP contribution < -0.4 is 5.32 Å². The van der Waals surface area contributed by atoms with Gasteiger partial charge in [-0.25, -0.2) is 14.2 Å². The number of carbonyl (C=O) groups is 2. The second-order valence-corrected chi connectivity index (χ2v) is 9.01. The second-order valence-electron chi connectivity index (χ2n) is 7.19. The van der Waals surface area contributed by atoms with Crippen molar-refractivity contribution in [2.24, 2.45) is 4.99 Å². The lowest BCUT2D eigenvalue weighted by molar-refractivity contribution is -0.136. The Labute approximate surface area is 193 Å². The van der Waals surface area contributed by atoms with Gasteiger partial charge in [0.15, 0.2) is 5.17 Å². The van der Waals surface area contributed by atoms with Gasteiger partial charge in [0.05, 0.1) is 24.8 Å². The number of thiophene rings is 1. The zero-order valence-corrected chi connectivity index (χ0v) is 19.3. The van der Waals surface area contributed by atoms with Crippen LogP contribution in [0.4, 0.5) is 4.39 Å². The number of nitrogens with one attached hydrogen (secondary N) is 1. The van der Waals surface area contributed by atoms with Gasteiger partial charge in [-0.2, -0.15) is 0 Å². The normalized spacial score (nSPS) is 17.6. The Balaban J connectivity index is 1.56. The fraction of sp³-hybridized carbons (Fsp3) is 0.261. The molecule has 1 aromatic heterocycles. The molecule has 2 aliphatic heterocycles. The number of halogens is 1. The SMILES string of the molecule is CCC1=C(C(=O)OC)[C@H](c2cccs2)N2C(CC(=O)NCc3ccc(F)cc3)=CSC2=N1. The molecule has 0 saturated carbocycles. The minimum Gasteiger partial charge on any atom is -0.466 e. The van der Waals surface area contributed by atoms with Gasteiger partial charge in [-0.3, -0.25) is 4.79 Å². The molecule has 0 aliphatic carbocycles. The summed E-state index contributed by atoms with van der Waals surface area (Å²) >= 11 is 2.99. The standard InChI is InChI=1S/C23H22FN3O3S2/c1-3-17-20(22(29)30-2)21(18-5-4-10-31-18)27-16(13-32-23(27)26-17)11-19(28)25-12-14-6-8-15(24)9-7-14/h4-10,13,21H,3,11-12H2,1-2H3,(H,25,28)/t21-/m0/s1. The van der Waals surface area contributed by atoms with Crippen LogP contribution in [-0.4, -0.2) is 29.1 Å². The molecular formula is C23H22FN3O3S2. The molecule has 0 spiro atoms. The summed E-state index contributed by atoms with van der Waals surface area (Å²) in [5.41, 5.74) is 2.78. The topological polar surface area (TPSA) is 71.0 Å². The van der Waals surface area contributed by atoms with E-state index in [4.69, 9.17) is 9.73 Å². The number of amides is 1. The van der Waals surface area contributed by atoms with E-state index >= 15 is 0 Å². The average Bonchev–Trinajstić information content (AvgIpc) is 3.47. The van der Waals surface area contributed by atoms with E-state index < -0.39 is 12.0 Å². The van der Waals surface area contributed by atoms with E-state index in [1.807, 2.05) is 34.7 Å². The summed E-state index contributed by atoms with van der Waals surface area (Å²) in [5, 5.41) is 7.49. The van der Waals surface area contributed by atoms with E-state index in [0.29, 0.717) is 24.2 Å². The van der Waals surface area contributed by atoms with Crippen LogP contribution in [0.1, 0.15) is 36.2 Å². The van der Waals surface area contributed by atoms with Crippen LogP contribution in [0.15, 0.2) is 69.1 Å². The van der Waals surface area contributed by atoms with Gasteiger partial charge in [0.25, 0.3) is 0 Å². The molecule has 6 nitrogen and oxygen atoms in total. The molecule has 1 amide bonds. The fourth-order valence-electron chi connectivity index (χ4n) is 3.66. The summed E-state index contributed by atoms with van der Waals surface area (Å²) in [7, 11) is 1.37. The summed E-state index contributed by atoms with van der Waals surface area (Å²) < 4.78 is 18.2. The number of carbonyl (C=O) groups excluding carboxylic acids is 2. The highest BCUT2D eigenvalue weighted by Crippen LogP contribution is 2.46. The van der Waals surface area contributed by atoms with Gasteiger partial charge in [0.1, 0.15) is 11.9 Å². The first kappa shape index (κ1) is 22.3. The lowest BCUT2D eigenvalue weighted by atomic mass is 9.98. The quantitative estimate of drug-likeness (QED) is 0.591. The van der Waals surface area contributed by atoms with Crippen molar-refractivity contribution in [2.75, 3.05) is 7.11 Å². The van der Waals surface area contributed by atoms with Crippen LogP contribution >= 0.6 is 23.1 Å². The smallest absolute Gasteiger partial charge is 0.338 e. The van der Waals surface area contributed by atoms with Crippen LogP contribution in [0, 0.1) is 5.82 Å². The fourth-order valence-corrected chi connectivity index (χ4v) is 5.42. The number of ether oxygens (including phenoxy) is 1. The van der Waals surface area contributed by atoms with Crippen LogP contribution in [0.3, 0.4) is 0 Å². The molecule has 4 rings (SSSR count). The molecule has 166 valence electrons. The summed E-state index contributed by atoms with van der Waals surface area (Å²) in [6.45, 7) is 2.27. The third-order valence-corrected chi connectivity index (χ3v) is 7.00. The van der Waals surface area contributed by atoms with E-state index in [0.717, 1.165) is 21.3 Å². The Morgan fingerprint density at radius 3 is 2.69 bits per heavy atom. The highest BCUT2D eigenvalue weighted by molar-refractivity contribution is 8.16. The molecular weight excluding hydrogens is 449 g/mol. The third-order valence-electron chi connectivity index (χ3n) is 5.19. The number of esters is 1. The number of allylic oxidation sites excluding steroid dienone is 1. The number of hydrogen-bond acceptors (Lipinski definition) is 7. The highest BCUT2D eigenvalue weighted by atomic mass is 32.2. The molecule has 0 bridgehead atoms. The lowest BCUT2D eigenvalue weighted by Crippen LogP contribution is -2.37. The Morgan fingerprint density at radius 2 is 2.03 bits per heavy atom. The molecule has 0 radical (unpaired) electrons. The van der Waals surface area contributed by atoms with Crippen molar-refractivity contribution in [2.45, 2.75) is 32.4 Å². The average molecular weight is 472 g/mol. The molecule has 3 heterocycles. The van der Waals surface area contributed by atoms with Crippen molar-refractivity contribution in [1.82, 2.24) is 10.2 Å². The number of amidine groups is 1. The lowest BCUT2D eigenvalue weighted by Gasteiger charge is -2.35. The number of thioether (sulfide) groups is 1. The van der Waals surface area contributed by atoms with Crippen molar-refractivity contribution < 1.29 is 18.7 Å². The minimum atomic E-state index is -0.417. The summed E-state index contributed by atoms with van der Waals surface area (Å²) in [5.74, 6) is -0.900. The van der Waals surface area contributed by atoms with E-state index in [1.165, 1.54) is 31.0 Å². The van der Waals surface area contributed by atoms with Gasteiger partial charge in [-0.05, 0) is 41.0 Å². The van der Waals surface area contributed by atoms with Crippen LogP contribution in [0.5, 0.6) is 0 Å². The van der Waals surface area contributed by atoms with Crippen molar-refractivity contribution in [3.05, 3.63) is 80.4 Å². The number of benzene rings is 1. The first-order chi connectivity index (χ1) is 15.5. The molecule has 32 heavy (non-hydrogen) atoms. The second kappa shape index (κ2) is 9.70. The van der Waals surface area contributed by atoms with E-state index in [9.17, 15) is 14.0 Å². The molecule has 2 aromatic rings. The third kappa shape index (κ3) is 4.49. The number of nitrogens with zero attached hydrogens (tertiary/aromatic N) is 2. The Morgan fingerprint density at radius 1 is 1.25 bits per heavy atom. The maximum atomic E-state index is 13.1.